The van der Waals surface area contributed by atoms with E-state index in [1.165, 1.54) is 0 Å². The number of anilines is 3. The molecular weight excluding hydrogens is 238 g/mol. The van der Waals surface area contributed by atoms with Crippen LogP contribution in [-0.2, 0) is 0 Å². The SMILES string of the molecule is C#Cc1c(N)nc2c(Nc3ccccc3)nccn12. The molecule has 5 heteroatoms. The van der Waals surface area contributed by atoms with Crippen LogP contribution in [0, 0.1) is 12.3 Å². The smallest absolute Gasteiger partial charge is 0.183 e. The van der Waals surface area contributed by atoms with Crippen molar-refractivity contribution in [3.05, 3.63) is 48.4 Å². The molecule has 92 valence electrons. The highest BCUT2D eigenvalue weighted by atomic mass is 15.1. The molecule has 0 saturated carbocycles. The van der Waals surface area contributed by atoms with Crippen LogP contribution in [0.5, 0.6) is 0 Å². The topological polar surface area (TPSA) is 68.2 Å². The lowest BCUT2D eigenvalue weighted by Crippen LogP contribution is -1.98. The standard InChI is InChI=1S/C14H11N5/c1-2-11-12(15)18-14-13(16-8-9-19(11)14)17-10-6-4-3-5-7-10/h1,3-9H,15H2,(H,16,17). The molecule has 0 bridgehead atoms. The lowest BCUT2D eigenvalue weighted by Gasteiger charge is -2.06. The Labute approximate surface area is 110 Å². The zero-order valence-corrected chi connectivity index (χ0v) is 10.0. The molecule has 3 rings (SSSR count). The third-order valence-corrected chi connectivity index (χ3v) is 2.74. The van der Waals surface area contributed by atoms with E-state index in [1.807, 2.05) is 30.3 Å². The van der Waals surface area contributed by atoms with E-state index >= 15 is 0 Å². The Balaban J connectivity index is 2.13. The first-order valence-electron chi connectivity index (χ1n) is 5.71. The van der Waals surface area contributed by atoms with Gasteiger partial charge in [-0.1, -0.05) is 18.2 Å². The van der Waals surface area contributed by atoms with Gasteiger partial charge in [0.05, 0.1) is 0 Å². The van der Waals surface area contributed by atoms with Gasteiger partial charge < -0.3 is 11.1 Å². The predicted molar refractivity (Wildman–Crippen MR) is 75.1 cm³/mol. The van der Waals surface area contributed by atoms with E-state index < -0.39 is 0 Å². The van der Waals surface area contributed by atoms with Crippen LogP contribution in [0.3, 0.4) is 0 Å². The number of hydrogen-bond donors (Lipinski definition) is 2. The van der Waals surface area contributed by atoms with Crippen LogP contribution < -0.4 is 11.1 Å². The molecule has 0 aliphatic heterocycles. The van der Waals surface area contributed by atoms with Gasteiger partial charge in [-0.05, 0) is 18.1 Å². The van der Waals surface area contributed by atoms with Gasteiger partial charge in [0.2, 0.25) is 0 Å². The van der Waals surface area contributed by atoms with E-state index in [0.29, 0.717) is 23.0 Å². The number of rotatable bonds is 2. The molecule has 1 aromatic carbocycles. The second-order valence-electron chi connectivity index (χ2n) is 3.95. The summed E-state index contributed by atoms with van der Waals surface area (Å²) in [5.41, 5.74) is 7.86. The van der Waals surface area contributed by atoms with Gasteiger partial charge >= 0.3 is 0 Å². The molecule has 3 N–H and O–H groups in total. The maximum absolute atomic E-state index is 5.80. The van der Waals surface area contributed by atoms with Crippen LogP contribution >= 0.6 is 0 Å². The van der Waals surface area contributed by atoms with Crippen molar-refractivity contribution in [2.75, 3.05) is 11.1 Å². The van der Waals surface area contributed by atoms with Crippen LogP contribution in [0.1, 0.15) is 5.69 Å². The normalized spacial score (nSPS) is 10.3. The fourth-order valence-electron chi connectivity index (χ4n) is 1.88. The Morgan fingerprint density at radius 3 is 2.79 bits per heavy atom. The summed E-state index contributed by atoms with van der Waals surface area (Å²) < 4.78 is 1.74. The van der Waals surface area contributed by atoms with Gasteiger partial charge in [-0.3, -0.25) is 4.40 Å². The van der Waals surface area contributed by atoms with Crippen LogP contribution in [0.15, 0.2) is 42.7 Å². The summed E-state index contributed by atoms with van der Waals surface area (Å²) in [6.45, 7) is 0. The zero-order chi connectivity index (χ0) is 13.2. The second kappa shape index (κ2) is 4.35. The lowest BCUT2D eigenvalue weighted by molar-refractivity contribution is 1.11. The summed E-state index contributed by atoms with van der Waals surface area (Å²) in [5, 5.41) is 3.19. The monoisotopic (exact) mass is 249 g/mol. The van der Waals surface area contributed by atoms with E-state index in [9.17, 15) is 0 Å². The van der Waals surface area contributed by atoms with Crippen molar-refractivity contribution in [3.8, 4) is 12.3 Å². The van der Waals surface area contributed by atoms with Gasteiger partial charge in [0, 0.05) is 18.1 Å². The average molecular weight is 249 g/mol. The van der Waals surface area contributed by atoms with E-state index in [0.717, 1.165) is 5.69 Å². The molecule has 5 nitrogen and oxygen atoms in total. The molecular formula is C14H11N5. The molecule has 0 radical (unpaired) electrons. The van der Waals surface area contributed by atoms with E-state index in [2.05, 4.69) is 21.2 Å². The minimum atomic E-state index is 0.326. The van der Waals surface area contributed by atoms with Crippen molar-refractivity contribution in [1.29, 1.82) is 0 Å². The number of nitrogens with two attached hydrogens (primary N) is 1. The molecule has 2 heterocycles. The van der Waals surface area contributed by atoms with Gasteiger partial charge in [-0.2, -0.15) is 0 Å². The maximum atomic E-state index is 5.80. The van der Waals surface area contributed by atoms with Crippen molar-refractivity contribution < 1.29 is 0 Å². The van der Waals surface area contributed by atoms with Gasteiger partial charge in [0.15, 0.2) is 17.3 Å². The number of aromatic nitrogens is 3. The van der Waals surface area contributed by atoms with Crippen LogP contribution in [0.25, 0.3) is 5.65 Å². The number of imidazole rings is 1. The molecule has 0 fully saturated rings. The number of nitrogen functional groups attached to an aromatic ring is 1. The van der Waals surface area contributed by atoms with Crippen molar-refractivity contribution in [1.82, 2.24) is 14.4 Å². The molecule has 19 heavy (non-hydrogen) atoms. The summed E-state index contributed by atoms with van der Waals surface area (Å²) >= 11 is 0. The molecule has 0 amide bonds. The summed E-state index contributed by atoms with van der Waals surface area (Å²) in [6.07, 6.45) is 8.83. The summed E-state index contributed by atoms with van der Waals surface area (Å²) in [7, 11) is 0. The largest absolute Gasteiger partial charge is 0.381 e. The first-order valence-corrected chi connectivity index (χ1v) is 5.71. The minimum absolute atomic E-state index is 0.326. The molecule has 0 unspecified atom stereocenters. The van der Waals surface area contributed by atoms with Crippen molar-refractivity contribution in [2.24, 2.45) is 0 Å². The van der Waals surface area contributed by atoms with Crippen LogP contribution in [0.2, 0.25) is 0 Å². The highest BCUT2D eigenvalue weighted by Crippen LogP contribution is 2.21. The number of terminal acetylenes is 1. The summed E-state index contributed by atoms with van der Waals surface area (Å²) in [4.78, 5) is 8.53. The fourth-order valence-corrected chi connectivity index (χ4v) is 1.88. The molecule has 0 aliphatic carbocycles. The molecule has 0 aliphatic rings. The van der Waals surface area contributed by atoms with E-state index in [4.69, 9.17) is 12.2 Å². The van der Waals surface area contributed by atoms with E-state index in [-0.39, 0.29) is 0 Å². The van der Waals surface area contributed by atoms with Crippen LogP contribution in [-0.4, -0.2) is 14.4 Å². The van der Waals surface area contributed by atoms with Crippen molar-refractivity contribution in [3.63, 3.8) is 0 Å². The van der Waals surface area contributed by atoms with Gasteiger partial charge in [-0.15, -0.1) is 6.42 Å². The number of benzene rings is 1. The highest BCUT2D eigenvalue weighted by Gasteiger charge is 2.11. The average Bonchev–Trinajstić information content (AvgIpc) is 2.76. The number of para-hydroxylation sites is 1. The van der Waals surface area contributed by atoms with Crippen molar-refractivity contribution >= 4 is 23.0 Å². The second-order valence-corrected chi connectivity index (χ2v) is 3.95. The van der Waals surface area contributed by atoms with Gasteiger partial charge in [0.25, 0.3) is 0 Å². The number of nitrogens with zero attached hydrogens (tertiary/aromatic N) is 3. The van der Waals surface area contributed by atoms with Crippen LogP contribution in [0.4, 0.5) is 17.3 Å². The van der Waals surface area contributed by atoms with Gasteiger partial charge in [-0.25, -0.2) is 9.97 Å². The first kappa shape index (κ1) is 11.1. The third kappa shape index (κ3) is 1.85. The fraction of sp³-hybridized carbons (Fsp3) is 0. The van der Waals surface area contributed by atoms with Crippen molar-refractivity contribution in [2.45, 2.75) is 0 Å². The Morgan fingerprint density at radius 1 is 1.26 bits per heavy atom. The molecule has 2 aromatic heterocycles. The number of fused-ring (bicyclic) bond motifs is 1. The van der Waals surface area contributed by atoms with E-state index in [1.54, 1.807) is 16.8 Å². The molecule has 0 saturated heterocycles. The molecule has 3 aromatic rings. The summed E-state index contributed by atoms with van der Waals surface area (Å²) in [6, 6.07) is 9.72. The quantitative estimate of drug-likeness (QED) is 0.682. The minimum Gasteiger partial charge on any atom is -0.381 e. The maximum Gasteiger partial charge on any atom is 0.183 e. The van der Waals surface area contributed by atoms with Gasteiger partial charge in [0.1, 0.15) is 5.69 Å². The number of hydrogen-bond acceptors (Lipinski definition) is 4. The first-order chi connectivity index (χ1) is 9.29. The molecule has 0 atom stereocenters. The Hall–Kier alpha value is -3.00. The zero-order valence-electron chi connectivity index (χ0n) is 10.0. The lowest BCUT2D eigenvalue weighted by atomic mass is 10.3. The Morgan fingerprint density at radius 2 is 2.05 bits per heavy atom. The third-order valence-electron chi connectivity index (χ3n) is 2.74. The Kier molecular flexibility index (Phi) is 2.54. The number of nitrogens with one attached hydrogen (secondary N) is 1. The molecule has 0 spiro atoms. The predicted octanol–water partition coefficient (Wildman–Crippen LogP) is 2.04. The Bertz CT molecular complexity index is 768. The highest BCUT2D eigenvalue weighted by molar-refractivity contribution is 5.73. The summed E-state index contributed by atoms with van der Waals surface area (Å²) in [5.74, 6) is 3.47.